The van der Waals surface area contributed by atoms with Gasteiger partial charge >= 0.3 is 0 Å². The van der Waals surface area contributed by atoms with E-state index in [4.69, 9.17) is 11.6 Å². The summed E-state index contributed by atoms with van der Waals surface area (Å²) in [5.74, 6) is 0. The summed E-state index contributed by atoms with van der Waals surface area (Å²) in [6, 6.07) is 3.53. The normalized spacial score (nSPS) is 9.69. The highest BCUT2D eigenvalue weighted by Crippen LogP contribution is 2.32. The van der Waals surface area contributed by atoms with E-state index in [-0.39, 0.29) is 0 Å². The topological polar surface area (TPSA) is 30.0 Å². The molecular weight excluding hydrogens is 242 g/mol. The minimum atomic E-state index is 0.444. The fourth-order valence-electron chi connectivity index (χ4n) is 0.976. The molecule has 0 aliphatic carbocycles. The Kier molecular flexibility index (Phi) is 4.77. The van der Waals surface area contributed by atoms with E-state index in [0.717, 1.165) is 22.3 Å². The molecule has 4 heteroatoms. The van der Waals surface area contributed by atoms with Crippen molar-refractivity contribution in [2.45, 2.75) is 13.8 Å². The van der Waals surface area contributed by atoms with Gasteiger partial charge in [-0.3, -0.25) is 4.79 Å². The molecule has 1 heterocycles. The van der Waals surface area contributed by atoms with Gasteiger partial charge in [-0.2, -0.15) is 0 Å². The number of allylic oxidation sites excluding steroid dienone is 2. The largest absolute Gasteiger partial charge is 0.297 e. The lowest BCUT2D eigenvalue weighted by atomic mass is 10.3. The first kappa shape index (κ1) is 13.0. The molecule has 0 amide bonds. The van der Waals surface area contributed by atoms with Gasteiger partial charge in [-0.1, -0.05) is 35.5 Å². The summed E-state index contributed by atoms with van der Waals surface area (Å²) in [6.45, 7) is 7.70. The minimum absolute atomic E-state index is 0.444. The standard InChI is InChI=1S/C12H12ClNOS/c1-8(2)11(7-15)16-9(3)10-4-5-12(13)14-6-10/h4-7H,3H2,1-2H3. The number of hydrogen-bond acceptors (Lipinski definition) is 3. The fourth-order valence-corrected chi connectivity index (χ4v) is 1.84. The fraction of sp³-hybridized carbons (Fsp3) is 0.167. The molecule has 2 nitrogen and oxygen atoms in total. The number of carbonyl (C=O) groups excluding carboxylic acids is 1. The van der Waals surface area contributed by atoms with Gasteiger partial charge in [-0.25, -0.2) is 4.98 Å². The Morgan fingerprint density at radius 3 is 2.62 bits per heavy atom. The van der Waals surface area contributed by atoms with E-state index in [2.05, 4.69) is 11.6 Å². The Labute approximate surface area is 104 Å². The maximum atomic E-state index is 10.8. The lowest BCUT2D eigenvalue weighted by Crippen LogP contribution is -1.86. The number of nitrogens with zero attached hydrogens (tertiary/aromatic N) is 1. The van der Waals surface area contributed by atoms with Gasteiger partial charge in [0.25, 0.3) is 0 Å². The highest BCUT2D eigenvalue weighted by atomic mass is 35.5. The second-order valence-corrected chi connectivity index (χ2v) is 4.90. The molecular formula is C12H12ClNOS. The average Bonchev–Trinajstić information content (AvgIpc) is 2.26. The van der Waals surface area contributed by atoms with Crippen molar-refractivity contribution in [1.29, 1.82) is 0 Å². The molecule has 0 saturated carbocycles. The quantitative estimate of drug-likeness (QED) is 0.463. The van der Waals surface area contributed by atoms with Gasteiger partial charge in [0.15, 0.2) is 6.29 Å². The van der Waals surface area contributed by atoms with Crippen molar-refractivity contribution < 1.29 is 4.79 Å². The van der Waals surface area contributed by atoms with E-state index in [1.165, 1.54) is 11.8 Å². The Hall–Kier alpha value is -1.06. The molecule has 0 aliphatic rings. The van der Waals surface area contributed by atoms with Crippen molar-refractivity contribution in [3.8, 4) is 0 Å². The van der Waals surface area contributed by atoms with Gasteiger partial charge in [0.1, 0.15) is 5.15 Å². The van der Waals surface area contributed by atoms with Gasteiger partial charge in [0.05, 0.1) is 4.91 Å². The number of rotatable bonds is 4. The van der Waals surface area contributed by atoms with Crippen LogP contribution in [0.2, 0.25) is 5.15 Å². The van der Waals surface area contributed by atoms with Crippen molar-refractivity contribution >= 4 is 34.6 Å². The predicted octanol–water partition coefficient (Wildman–Crippen LogP) is 3.93. The Bertz CT molecular complexity index is 433. The molecule has 0 radical (unpaired) electrons. The monoisotopic (exact) mass is 253 g/mol. The molecule has 1 aromatic heterocycles. The summed E-state index contributed by atoms with van der Waals surface area (Å²) in [4.78, 5) is 16.2. The van der Waals surface area contributed by atoms with Crippen LogP contribution in [0.3, 0.4) is 0 Å². The molecule has 0 spiro atoms. The third-order valence-electron chi connectivity index (χ3n) is 1.88. The van der Waals surface area contributed by atoms with Gasteiger partial charge in [-0.05, 0) is 26.0 Å². The maximum absolute atomic E-state index is 10.8. The Morgan fingerprint density at radius 2 is 2.19 bits per heavy atom. The molecule has 0 bridgehead atoms. The third-order valence-corrected chi connectivity index (χ3v) is 3.31. The summed E-state index contributed by atoms with van der Waals surface area (Å²) in [6.07, 6.45) is 2.49. The van der Waals surface area contributed by atoms with Gasteiger partial charge in [-0.15, -0.1) is 0 Å². The first-order chi connectivity index (χ1) is 7.54. The van der Waals surface area contributed by atoms with Crippen LogP contribution in [0.1, 0.15) is 19.4 Å². The summed E-state index contributed by atoms with van der Waals surface area (Å²) >= 11 is 7.03. The zero-order chi connectivity index (χ0) is 12.1. The van der Waals surface area contributed by atoms with Gasteiger partial charge in [0.2, 0.25) is 0 Å². The molecule has 1 aromatic rings. The molecule has 84 valence electrons. The van der Waals surface area contributed by atoms with Crippen LogP contribution in [0.25, 0.3) is 4.91 Å². The lowest BCUT2D eigenvalue weighted by molar-refractivity contribution is -0.104. The number of thioether (sulfide) groups is 1. The first-order valence-corrected chi connectivity index (χ1v) is 5.85. The van der Waals surface area contributed by atoms with Crippen molar-refractivity contribution in [1.82, 2.24) is 4.98 Å². The minimum Gasteiger partial charge on any atom is -0.297 e. The molecule has 1 rings (SSSR count). The van der Waals surface area contributed by atoms with Gasteiger partial charge in [0, 0.05) is 16.7 Å². The van der Waals surface area contributed by atoms with E-state index in [1.54, 1.807) is 12.3 Å². The SMILES string of the molecule is C=C(SC(C=O)=C(C)C)c1ccc(Cl)nc1. The smallest absolute Gasteiger partial charge is 0.156 e. The van der Waals surface area contributed by atoms with Crippen LogP contribution in [0, 0.1) is 0 Å². The van der Waals surface area contributed by atoms with E-state index >= 15 is 0 Å². The number of aromatic nitrogens is 1. The van der Waals surface area contributed by atoms with Crippen LogP contribution >= 0.6 is 23.4 Å². The molecule has 0 N–H and O–H groups in total. The Balaban J connectivity index is 2.84. The molecule has 0 aromatic carbocycles. The number of carbonyl (C=O) groups is 1. The van der Waals surface area contributed by atoms with Crippen LogP contribution in [-0.4, -0.2) is 11.3 Å². The van der Waals surface area contributed by atoms with E-state index < -0.39 is 0 Å². The van der Waals surface area contributed by atoms with Crippen LogP contribution in [-0.2, 0) is 4.79 Å². The summed E-state index contributed by atoms with van der Waals surface area (Å²) in [5.41, 5.74) is 1.85. The van der Waals surface area contributed by atoms with Crippen LogP contribution < -0.4 is 0 Å². The van der Waals surface area contributed by atoms with E-state index in [9.17, 15) is 4.79 Å². The molecule has 0 atom stereocenters. The lowest BCUT2D eigenvalue weighted by Gasteiger charge is -2.06. The zero-order valence-corrected chi connectivity index (χ0v) is 10.7. The summed E-state index contributed by atoms with van der Waals surface area (Å²) < 4.78 is 0. The number of aldehydes is 1. The second kappa shape index (κ2) is 5.87. The predicted molar refractivity (Wildman–Crippen MR) is 70.3 cm³/mol. The molecule has 16 heavy (non-hydrogen) atoms. The number of halogens is 1. The second-order valence-electron chi connectivity index (χ2n) is 3.38. The summed E-state index contributed by atoms with van der Waals surface area (Å²) in [5, 5.41) is 0.444. The number of hydrogen-bond donors (Lipinski definition) is 0. The molecule has 0 aliphatic heterocycles. The first-order valence-electron chi connectivity index (χ1n) is 4.66. The van der Waals surface area contributed by atoms with Crippen molar-refractivity contribution in [2.24, 2.45) is 0 Å². The molecule has 0 fully saturated rings. The van der Waals surface area contributed by atoms with E-state index in [0.29, 0.717) is 10.1 Å². The molecule has 0 saturated heterocycles. The van der Waals surface area contributed by atoms with Crippen LogP contribution in [0.15, 0.2) is 35.4 Å². The van der Waals surface area contributed by atoms with E-state index in [1.807, 2.05) is 19.9 Å². The Morgan fingerprint density at radius 1 is 1.50 bits per heavy atom. The van der Waals surface area contributed by atoms with Crippen molar-refractivity contribution in [2.75, 3.05) is 0 Å². The highest BCUT2D eigenvalue weighted by Gasteiger charge is 2.05. The van der Waals surface area contributed by atoms with Crippen LogP contribution in [0.4, 0.5) is 0 Å². The maximum Gasteiger partial charge on any atom is 0.156 e. The average molecular weight is 254 g/mol. The highest BCUT2D eigenvalue weighted by molar-refractivity contribution is 8.12. The third kappa shape index (κ3) is 3.51. The molecule has 0 unspecified atom stereocenters. The number of pyridine rings is 1. The van der Waals surface area contributed by atoms with Crippen molar-refractivity contribution in [3.63, 3.8) is 0 Å². The van der Waals surface area contributed by atoms with Crippen molar-refractivity contribution in [3.05, 3.63) is 46.1 Å². The zero-order valence-electron chi connectivity index (χ0n) is 9.16. The van der Waals surface area contributed by atoms with Crippen LogP contribution in [0.5, 0.6) is 0 Å². The van der Waals surface area contributed by atoms with Gasteiger partial charge < -0.3 is 0 Å². The summed E-state index contributed by atoms with van der Waals surface area (Å²) in [7, 11) is 0.